The molecule has 1 aliphatic heterocycles. The van der Waals surface area contributed by atoms with Crippen molar-refractivity contribution in [3.8, 4) is 11.5 Å². The molecule has 0 radical (unpaired) electrons. The molecule has 0 aliphatic carbocycles. The molecule has 3 rings (SSSR count). The Morgan fingerprint density at radius 1 is 1.19 bits per heavy atom. The predicted molar refractivity (Wildman–Crippen MR) is 92.9 cm³/mol. The molecule has 26 heavy (non-hydrogen) atoms. The third-order valence-electron chi connectivity index (χ3n) is 4.43. The van der Waals surface area contributed by atoms with Crippen LogP contribution in [0.3, 0.4) is 0 Å². The number of nitrogens with two attached hydrogens (primary N) is 1. The summed E-state index contributed by atoms with van der Waals surface area (Å²) in [6.07, 6.45) is 0.414. The van der Waals surface area contributed by atoms with Crippen LogP contribution < -0.4 is 15.8 Å². The Balaban J connectivity index is 1.50. The Labute approximate surface area is 150 Å². The number of rotatable bonds is 6. The van der Waals surface area contributed by atoms with E-state index in [1.807, 2.05) is 0 Å². The minimum atomic E-state index is -0.897. The molecular weight excluding hydrogens is 342 g/mol. The standard InChI is InChI=1S/C19H22F2N2O3/c20-13-5-11(6-14(21)9-13)7-16(22)17(25)10-23-19-4-1-12-8-15(24)2-3-18(12)26-19/h2-3,5-6,8-9,16-17,19,23-25H,1,4,7,10,22H2/t16-,17+,19?/m0/s1. The maximum atomic E-state index is 13.2. The summed E-state index contributed by atoms with van der Waals surface area (Å²) >= 11 is 0. The number of halogens is 2. The molecule has 0 fully saturated rings. The highest BCUT2D eigenvalue weighted by molar-refractivity contribution is 5.40. The van der Waals surface area contributed by atoms with Gasteiger partial charge in [0.25, 0.3) is 0 Å². The first kappa shape index (κ1) is 18.6. The van der Waals surface area contributed by atoms with E-state index in [0.717, 1.165) is 18.1 Å². The summed E-state index contributed by atoms with van der Waals surface area (Å²) in [7, 11) is 0. The van der Waals surface area contributed by atoms with Crippen LogP contribution in [0.25, 0.3) is 0 Å². The summed E-state index contributed by atoms with van der Waals surface area (Å²) in [6, 6.07) is 7.48. The molecule has 0 saturated carbocycles. The molecule has 0 bridgehead atoms. The Hall–Kier alpha value is -2.22. The Morgan fingerprint density at radius 3 is 2.65 bits per heavy atom. The zero-order valence-corrected chi connectivity index (χ0v) is 14.2. The normalized spacial score (nSPS) is 18.7. The highest BCUT2D eigenvalue weighted by Gasteiger charge is 2.22. The van der Waals surface area contributed by atoms with Crippen LogP contribution in [0.4, 0.5) is 8.78 Å². The largest absolute Gasteiger partial charge is 0.508 e. The van der Waals surface area contributed by atoms with Gasteiger partial charge in [-0.1, -0.05) is 0 Å². The van der Waals surface area contributed by atoms with Crippen molar-refractivity contribution in [3.05, 3.63) is 59.2 Å². The van der Waals surface area contributed by atoms with Crippen LogP contribution in [0.1, 0.15) is 17.5 Å². The van der Waals surface area contributed by atoms with Gasteiger partial charge in [-0.3, -0.25) is 5.32 Å². The summed E-state index contributed by atoms with van der Waals surface area (Å²) < 4.78 is 32.3. The summed E-state index contributed by atoms with van der Waals surface area (Å²) in [5.74, 6) is -0.435. The van der Waals surface area contributed by atoms with Crippen LogP contribution in [0.5, 0.6) is 11.5 Å². The van der Waals surface area contributed by atoms with Gasteiger partial charge in [-0.15, -0.1) is 0 Å². The van der Waals surface area contributed by atoms with Crippen LogP contribution in [-0.4, -0.2) is 35.1 Å². The first-order valence-corrected chi connectivity index (χ1v) is 8.51. The molecule has 0 spiro atoms. The molecule has 2 aromatic rings. The van der Waals surface area contributed by atoms with Crippen molar-refractivity contribution in [2.45, 2.75) is 37.6 Å². The molecule has 1 heterocycles. The molecule has 5 N–H and O–H groups in total. The maximum Gasteiger partial charge on any atom is 0.150 e. The third kappa shape index (κ3) is 4.69. The van der Waals surface area contributed by atoms with Crippen molar-refractivity contribution >= 4 is 0 Å². The lowest BCUT2D eigenvalue weighted by molar-refractivity contribution is 0.0919. The van der Waals surface area contributed by atoms with E-state index >= 15 is 0 Å². The summed E-state index contributed by atoms with van der Waals surface area (Å²) in [5, 5.41) is 22.8. The van der Waals surface area contributed by atoms with Gasteiger partial charge in [0.05, 0.1) is 6.10 Å². The first-order valence-electron chi connectivity index (χ1n) is 8.51. The number of ether oxygens (including phenoxy) is 1. The number of hydrogen-bond acceptors (Lipinski definition) is 5. The minimum absolute atomic E-state index is 0.158. The molecule has 1 aliphatic rings. The number of aliphatic hydroxyl groups is 1. The molecule has 0 amide bonds. The number of nitrogens with one attached hydrogen (secondary N) is 1. The lowest BCUT2D eigenvalue weighted by atomic mass is 10.0. The number of phenolic OH excluding ortho intramolecular Hbond substituents is 1. The Kier molecular flexibility index (Phi) is 5.70. The molecule has 140 valence electrons. The molecule has 1 unspecified atom stereocenters. The number of benzene rings is 2. The predicted octanol–water partition coefficient (Wildman–Crippen LogP) is 1.84. The second kappa shape index (κ2) is 7.99. The number of fused-ring (bicyclic) bond motifs is 1. The van der Waals surface area contributed by atoms with Gasteiger partial charge in [-0.2, -0.15) is 0 Å². The van der Waals surface area contributed by atoms with E-state index in [1.165, 1.54) is 12.1 Å². The molecule has 2 aromatic carbocycles. The summed E-state index contributed by atoms with van der Waals surface area (Å²) in [6.45, 7) is 0.192. The average Bonchev–Trinajstić information content (AvgIpc) is 2.58. The highest BCUT2D eigenvalue weighted by atomic mass is 19.1. The monoisotopic (exact) mass is 364 g/mol. The van der Waals surface area contributed by atoms with Gasteiger partial charge in [0.15, 0.2) is 6.23 Å². The van der Waals surface area contributed by atoms with Crippen molar-refractivity contribution < 1.29 is 23.7 Å². The Morgan fingerprint density at radius 2 is 1.92 bits per heavy atom. The average molecular weight is 364 g/mol. The molecule has 0 saturated heterocycles. The van der Waals surface area contributed by atoms with E-state index in [0.29, 0.717) is 17.7 Å². The first-order chi connectivity index (χ1) is 12.4. The van der Waals surface area contributed by atoms with Crippen molar-refractivity contribution in [1.82, 2.24) is 5.32 Å². The highest BCUT2D eigenvalue weighted by Crippen LogP contribution is 2.29. The summed E-state index contributed by atoms with van der Waals surface area (Å²) in [4.78, 5) is 0. The number of aliphatic hydroxyl groups excluding tert-OH is 1. The Bertz CT molecular complexity index is 752. The van der Waals surface area contributed by atoms with Crippen LogP contribution in [0, 0.1) is 11.6 Å². The van der Waals surface area contributed by atoms with E-state index in [2.05, 4.69) is 5.32 Å². The van der Waals surface area contributed by atoms with Crippen LogP contribution in [0.2, 0.25) is 0 Å². The second-order valence-electron chi connectivity index (χ2n) is 6.56. The minimum Gasteiger partial charge on any atom is -0.508 e. The number of phenols is 1. The molecule has 0 aromatic heterocycles. The number of aromatic hydroxyl groups is 1. The fourth-order valence-corrected chi connectivity index (χ4v) is 3.06. The van der Waals surface area contributed by atoms with Crippen molar-refractivity contribution in [2.24, 2.45) is 5.73 Å². The maximum absolute atomic E-state index is 13.2. The summed E-state index contributed by atoms with van der Waals surface area (Å²) in [5.41, 5.74) is 7.29. The zero-order valence-electron chi connectivity index (χ0n) is 14.2. The SMILES string of the molecule is N[C@@H](Cc1cc(F)cc(F)c1)[C@H](O)CNC1CCc2cc(O)ccc2O1. The van der Waals surface area contributed by atoms with Gasteiger partial charge < -0.3 is 20.7 Å². The van der Waals surface area contributed by atoms with Gasteiger partial charge in [-0.25, -0.2) is 8.78 Å². The lowest BCUT2D eigenvalue weighted by Crippen LogP contribution is -2.47. The molecule has 5 nitrogen and oxygen atoms in total. The van der Waals surface area contributed by atoms with E-state index in [9.17, 15) is 19.0 Å². The van der Waals surface area contributed by atoms with Gasteiger partial charge in [0.2, 0.25) is 0 Å². The number of hydrogen-bond donors (Lipinski definition) is 4. The topological polar surface area (TPSA) is 87.7 Å². The fraction of sp³-hybridized carbons (Fsp3) is 0.368. The van der Waals surface area contributed by atoms with Crippen molar-refractivity contribution in [3.63, 3.8) is 0 Å². The van der Waals surface area contributed by atoms with E-state index in [4.69, 9.17) is 10.5 Å². The van der Waals surface area contributed by atoms with Gasteiger partial charge in [-0.05, 0) is 54.3 Å². The third-order valence-corrected chi connectivity index (χ3v) is 4.43. The van der Waals surface area contributed by atoms with Gasteiger partial charge in [0, 0.05) is 25.1 Å². The van der Waals surface area contributed by atoms with Crippen molar-refractivity contribution in [1.29, 1.82) is 0 Å². The van der Waals surface area contributed by atoms with Crippen LogP contribution in [0.15, 0.2) is 36.4 Å². The molecule has 7 heteroatoms. The van der Waals surface area contributed by atoms with E-state index in [-0.39, 0.29) is 24.9 Å². The van der Waals surface area contributed by atoms with Gasteiger partial charge >= 0.3 is 0 Å². The molecular formula is C19H22F2N2O3. The number of aryl methyl sites for hydroxylation is 1. The lowest BCUT2D eigenvalue weighted by Gasteiger charge is -2.28. The second-order valence-corrected chi connectivity index (χ2v) is 6.56. The quantitative estimate of drug-likeness (QED) is 0.628. The van der Waals surface area contributed by atoms with Crippen LogP contribution >= 0.6 is 0 Å². The molecule has 3 atom stereocenters. The smallest absolute Gasteiger partial charge is 0.150 e. The van der Waals surface area contributed by atoms with Crippen molar-refractivity contribution in [2.75, 3.05) is 6.54 Å². The fourth-order valence-electron chi connectivity index (χ4n) is 3.06. The van der Waals surface area contributed by atoms with E-state index < -0.39 is 23.8 Å². The van der Waals surface area contributed by atoms with E-state index in [1.54, 1.807) is 18.2 Å². The van der Waals surface area contributed by atoms with Gasteiger partial charge in [0.1, 0.15) is 23.1 Å². The van der Waals surface area contributed by atoms with Crippen LogP contribution in [-0.2, 0) is 12.8 Å². The zero-order chi connectivity index (χ0) is 18.7.